The summed E-state index contributed by atoms with van der Waals surface area (Å²) in [4.78, 5) is 54.0. The van der Waals surface area contributed by atoms with Crippen molar-refractivity contribution in [1.82, 2.24) is 20.9 Å². The van der Waals surface area contributed by atoms with Crippen LogP contribution in [0.2, 0.25) is 5.02 Å². The van der Waals surface area contributed by atoms with Crippen molar-refractivity contribution in [1.29, 1.82) is 0 Å². The van der Waals surface area contributed by atoms with E-state index in [-0.39, 0.29) is 56.7 Å². The van der Waals surface area contributed by atoms with Gasteiger partial charge in [0, 0.05) is 18.6 Å². The Morgan fingerprint density at radius 3 is 2.60 bits per heavy atom. The molecule has 2 atom stereocenters. The number of nitrogens with one attached hydrogen (secondary N) is 3. The topological polar surface area (TPSA) is 126 Å². The average molecular weight is 573 g/mol. The third-order valence-corrected chi connectivity index (χ3v) is 6.67. The van der Waals surface area contributed by atoms with Crippen LogP contribution in [0, 0.1) is 5.92 Å². The van der Waals surface area contributed by atoms with Crippen molar-refractivity contribution in [3.63, 3.8) is 0 Å². The summed E-state index contributed by atoms with van der Waals surface area (Å²) in [5.74, 6) is -1.44. The summed E-state index contributed by atoms with van der Waals surface area (Å²) in [5.41, 5.74) is 1.04. The summed E-state index contributed by atoms with van der Waals surface area (Å²) in [5, 5.41) is 8.73. The van der Waals surface area contributed by atoms with Crippen molar-refractivity contribution in [2.45, 2.75) is 45.4 Å². The lowest BCUT2D eigenvalue weighted by atomic mass is 10.0. The molecule has 1 heterocycles. The number of likely N-dealkylation sites (N-methyl/N-ethyl adjacent to an activating group) is 1. The molecule has 1 aliphatic heterocycles. The molecule has 0 saturated heterocycles. The van der Waals surface area contributed by atoms with Crippen molar-refractivity contribution in [2.75, 3.05) is 33.4 Å². The highest BCUT2D eigenvalue weighted by Gasteiger charge is 2.30. The number of hydrogen-bond acceptors (Lipinski definition) is 6. The number of hydrogen-bond donors (Lipinski definition) is 3. The minimum atomic E-state index is -1.19. The minimum absolute atomic E-state index is 0.134. The quantitative estimate of drug-likeness (QED) is 0.417. The number of ether oxygens (including phenoxy) is 2. The fraction of sp³-hybridized carbons (Fsp3) is 0.448. The molecule has 0 spiro atoms. The molecule has 0 radical (unpaired) electrons. The Morgan fingerprint density at radius 1 is 1.12 bits per heavy atom. The van der Waals surface area contributed by atoms with Gasteiger partial charge in [0.15, 0.2) is 0 Å². The van der Waals surface area contributed by atoms with Gasteiger partial charge in [-0.3, -0.25) is 19.2 Å². The first-order valence-electron chi connectivity index (χ1n) is 13.3. The van der Waals surface area contributed by atoms with E-state index in [9.17, 15) is 19.2 Å². The molecule has 3 N–H and O–H groups in total. The van der Waals surface area contributed by atoms with Gasteiger partial charge in [0.25, 0.3) is 5.91 Å². The number of carbonyl (C=O) groups is 4. The zero-order valence-electron chi connectivity index (χ0n) is 23.1. The van der Waals surface area contributed by atoms with Gasteiger partial charge in [0.05, 0.1) is 31.7 Å². The van der Waals surface area contributed by atoms with Gasteiger partial charge < -0.3 is 30.3 Å². The maximum Gasteiger partial charge on any atom is 0.255 e. The Labute approximate surface area is 239 Å². The predicted molar refractivity (Wildman–Crippen MR) is 151 cm³/mol. The molecule has 2 aromatic rings. The third-order valence-electron chi connectivity index (χ3n) is 6.30. The number of benzene rings is 2. The molecule has 0 aromatic heterocycles. The van der Waals surface area contributed by atoms with Crippen molar-refractivity contribution in [3.05, 3.63) is 64.7 Å². The van der Waals surface area contributed by atoms with Crippen LogP contribution in [0.3, 0.4) is 0 Å². The van der Waals surface area contributed by atoms with E-state index >= 15 is 0 Å². The van der Waals surface area contributed by atoms with E-state index in [1.165, 1.54) is 4.90 Å². The number of rotatable bonds is 8. The smallest absolute Gasteiger partial charge is 0.255 e. The molecule has 0 saturated carbocycles. The molecule has 0 fully saturated rings. The molecule has 40 heavy (non-hydrogen) atoms. The Bertz CT molecular complexity index is 1190. The molecule has 11 heteroatoms. The first-order valence-corrected chi connectivity index (χ1v) is 13.7. The van der Waals surface area contributed by atoms with E-state index in [4.69, 9.17) is 21.1 Å². The molecule has 4 amide bonds. The molecule has 216 valence electrons. The second kappa shape index (κ2) is 15.2. The standard InChI is InChI=1S/C29H37ClN4O6/c1-19(2)16-24-29(38)34(3)13-15-40-25-11-7-5-9-21(25)27(36)33-23(17-26(35)32-24)28(37)31-12-14-39-18-20-8-4-6-10-22(20)30/h4-11,19,23-24H,12-18H2,1-3H3,(H,31,37)(H,32,35)(H,33,36)/t23-,24+/m0/s1. The average Bonchev–Trinajstić information content (AvgIpc) is 2.92. The summed E-state index contributed by atoms with van der Waals surface area (Å²) >= 11 is 6.14. The summed E-state index contributed by atoms with van der Waals surface area (Å²) in [6, 6.07) is 11.9. The fourth-order valence-electron chi connectivity index (χ4n) is 4.19. The predicted octanol–water partition coefficient (Wildman–Crippen LogP) is 2.54. The van der Waals surface area contributed by atoms with Crippen LogP contribution in [0.1, 0.15) is 42.6 Å². The van der Waals surface area contributed by atoms with Gasteiger partial charge in [-0.15, -0.1) is 0 Å². The van der Waals surface area contributed by atoms with Crippen LogP contribution in [-0.4, -0.2) is 74.0 Å². The summed E-state index contributed by atoms with van der Waals surface area (Å²) in [7, 11) is 1.64. The number of fused-ring (bicyclic) bond motifs is 1. The Hall–Kier alpha value is -3.63. The zero-order valence-corrected chi connectivity index (χ0v) is 23.8. The molecule has 0 bridgehead atoms. The van der Waals surface area contributed by atoms with E-state index < -0.39 is 29.8 Å². The van der Waals surface area contributed by atoms with Crippen LogP contribution < -0.4 is 20.7 Å². The molecule has 3 rings (SSSR count). The summed E-state index contributed by atoms with van der Waals surface area (Å²) < 4.78 is 11.4. The van der Waals surface area contributed by atoms with E-state index in [0.29, 0.717) is 17.2 Å². The highest BCUT2D eigenvalue weighted by atomic mass is 35.5. The van der Waals surface area contributed by atoms with Gasteiger partial charge in [-0.1, -0.05) is 55.8 Å². The Balaban J connectivity index is 1.73. The molecule has 0 unspecified atom stereocenters. The van der Waals surface area contributed by atoms with Crippen molar-refractivity contribution in [2.24, 2.45) is 5.92 Å². The second-order valence-corrected chi connectivity index (χ2v) is 10.4. The van der Waals surface area contributed by atoms with Gasteiger partial charge in [0.2, 0.25) is 17.7 Å². The van der Waals surface area contributed by atoms with Gasteiger partial charge in [-0.2, -0.15) is 0 Å². The van der Waals surface area contributed by atoms with Gasteiger partial charge >= 0.3 is 0 Å². The molecule has 10 nitrogen and oxygen atoms in total. The van der Waals surface area contributed by atoms with Crippen LogP contribution in [0.15, 0.2) is 48.5 Å². The van der Waals surface area contributed by atoms with Gasteiger partial charge in [-0.05, 0) is 36.1 Å². The maximum absolute atomic E-state index is 13.2. The minimum Gasteiger partial charge on any atom is -0.491 e. The third kappa shape index (κ3) is 9.24. The second-order valence-electron chi connectivity index (χ2n) is 10.0. The number of carbonyl (C=O) groups excluding carboxylic acids is 4. The van der Waals surface area contributed by atoms with E-state index in [1.54, 1.807) is 37.4 Å². The van der Waals surface area contributed by atoms with E-state index in [2.05, 4.69) is 16.0 Å². The normalized spacial score (nSPS) is 18.7. The van der Waals surface area contributed by atoms with E-state index in [0.717, 1.165) is 5.56 Å². The number of nitrogens with zero attached hydrogens (tertiary/aromatic N) is 1. The molecular formula is C29H37ClN4O6. The molecule has 2 aromatic carbocycles. The van der Waals surface area contributed by atoms with Crippen molar-refractivity contribution in [3.8, 4) is 5.75 Å². The van der Waals surface area contributed by atoms with Crippen molar-refractivity contribution < 1.29 is 28.7 Å². The highest BCUT2D eigenvalue weighted by molar-refractivity contribution is 6.31. The summed E-state index contributed by atoms with van der Waals surface area (Å²) in [6.07, 6.45) is 0.0667. The molecule has 1 aliphatic rings. The lowest BCUT2D eigenvalue weighted by Crippen LogP contribution is -2.53. The van der Waals surface area contributed by atoms with Gasteiger partial charge in [-0.25, -0.2) is 0 Å². The molecular weight excluding hydrogens is 536 g/mol. The zero-order chi connectivity index (χ0) is 29.1. The van der Waals surface area contributed by atoms with Crippen LogP contribution in [0.5, 0.6) is 5.75 Å². The van der Waals surface area contributed by atoms with Crippen LogP contribution in [0.4, 0.5) is 0 Å². The number of halogens is 1. The number of amides is 4. The Morgan fingerprint density at radius 2 is 1.85 bits per heavy atom. The largest absolute Gasteiger partial charge is 0.491 e. The molecule has 0 aliphatic carbocycles. The maximum atomic E-state index is 13.2. The first kappa shape index (κ1) is 30.9. The van der Waals surface area contributed by atoms with E-state index in [1.807, 2.05) is 32.0 Å². The van der Waals surface area contributed by atoms with Gasteiger partial charge in [0.1, 0.15) is 24.4 Å². The lowest BCUT2D eigenvalue weighted by Gasteiger charge is -2.27. The van der Waals surface area contributed by atoms with Crippen LogP contribution in [0.25, 0.3) is 0 Å². The number of para-hydroxylation sites is 1. The van der Waals surface area contributed by atoms with Crippen molar-refractivity contribution >= 4 is 35.2 Å². The monoisotopic (exact) mass is 572 g/mol. The summed E-state index contributed by atoms with van der Waals surface area (Å²) in [6.45, 7) is 4.93. The first-order chi connectivity index (χ1) is 19.2. The highest BCUT2D eigenvalue weighted by Crippen LogP contribution is 2.19. The Kier molecular flexibility index (Phi) is 11.8. The fourth-order valence-corrected chi connectivity index (χ4v) is 4.38. The van der Waals surface area contributed by atoms with Crippen LogP contribution in [-0.2, 0) is 25.7 Å². The van der Waals surface area contributed by atoms with Crippen LogP contribution >= 0.6 is 11.6 Å². The lowest BCUT2D eigenvalue weighted by molar-refractivity contribution is -0.136. The SMILES string of the molecule is CC(C)C[C@H]1NC(=O)C[C@@H](C(=O)NCCOCc2ccccc2Cl)NC(=O)c2ccccc2OCCN(C)C1=O.